The van der Waals surface area contributed by atoms with E-state index in [1.54, 1.807) is 13.2 Å². The Morgan fingerprint density at radius 3 is 3.06 bits per heavy atom. The van der Waals surface area contributed by atoms with Crippen molar-refractivity contribution in [1.82, 2.24) is 9.97 Å². The molecule has 1 N–H and O–H groups in total. The second-order valence-corrected chi connectivity index (χ2v) is 4.27. The van der Waals surface area contributed by atoms with E-state index < -0.39 is 6.10 Å². The average Bonchev–Trinajstić information content (AvgIpc) is 2.83. The first kappa shape index (κ1) is 11.0. The summed E-state index contributed by atoms with van der Waals surface area (Å²) in [6.07, 6.45) is 1.40. The normalized spacial score (nSPS) is 12.4. The molecule has 2 heterocycles. The molecule has 0 aromatic carbocycles. The van der Waals surface area contributed by atoms with Gasteiger partial charge in [0.25, 0.3) is 0 Å². The van der Waals surface area contributed by atoms with E-state index in [-0.39, 0.29) is 0 Å². The van der Waals surface area contributed by atoms with Crippen LogP contribution in [0.25, 0.3) is 0 Å². The van der Waals surface area contributed by atoms with Gasteiger partial charge in [0, 0.05) is 17.4 Å². The fourth-order valence-electron chi connectivity index (χ4n) is 1.38. The molecule has 0 aliphatic heterocycles. The van der Waals surface area contributed by atoms with E-state index in [1.165, 1.54) is 17.7 Å². The van der Waals surface area contributed by atoms with Crippen LogP contribution in [0.3, 0.4) is 0 Å². The highest BCUT2D eigenvalue weighted by atomic mass is 32.1. The zero-order chi connectivity index (χ0) is 11.4. The Kier molecular flexibility index (Phi) is 3.48. The molecular formula is C11H12N2O2S. The van der Waals surface area contributed by atoms with E-state index in [4.69, 9.17) is 4.74 Å². The van der Waals surface area contributed by atoms with Crippen molar-refractivity contribution >= 4 is 11.3 Å². The molecule has 0 saturated carbocycles. The molecule has 0 amide bonds. The molecule has 4 nitrogen and oxygen atoms in total. The number of aliphatic hydroxyl groups excluding tert-OH is 1. The van der Waals surface area contributed by atoms with Crippen LogP contribution in [0.5, 0.6) is 5.88 Å². The van der Waals surface area contributed by atoms with Crippen molar-refractivity contribution in [3.63, 3.8) is 0 Å². The van der Waals surface area contributed by atoms with E-state index in [0.717, 1.165) is 10.6 Å². The molecule has 0 fully saturated rings. The summed E-state index contributed by atoms with van der Waals surface area (Å²) >= 11 is 1.54. The van der Waals surface area contributed by atoms with Gasteiger partial charge in [0.1, 0.15) is 6.33 Å². The second-order valence-electron chi connectivity index (χ2n) is 3.29. The number of aromatic nitrogens is 2. The molecule has 0 radical (unpaired) electrons. The summed E-state index contributed by atoms with van der Waals surface area (Å²) < 4.78 is 5.00. The number of ether oxygens (including phenoxy) is 1. The minimum Gasteiger partial charge on any atom is -0.481 e. The zero-order valence-corrected chi connectivity index (χ0v) is 9.65. The number of aliphatic hydroxyl groups is 1. The van der Waals surface area contributed by atoms with Gasteiger partial charge in [-0.25, -0.2) is 9.97 Å². The van der Waals surface area contributed by atoms with Crippen LogP contribution < -0.4 is 4.74 Å². The van der Waals surface area contributed by atoms with Gasteiger partial charge in [-0.3, -0.25) is 0 Å². The summed E-state index contributed by atoms with van der Waals surface area (Å²) in [4.78, 5) is 8.95. The molecule has 0 aliphatic carbocycles. The van der Waals surface area contributed by atoms with Crippen molar-refractivity contribution < 1.29 is 9.84 Å². The standard InChI is InChI=1S/C11H12N2O2S/c1-15-11-6-8(12-7-13-11)5-9(14)10-3-2-4-16-10/h2-4,6-7,9,14H,5H2,1H3. The fraction of sp³-hybridized carbons (Fsp3) is 0.273. The summed E-state index contributed by atoms with van der Waals surface area (Å²) in [5, 5.41) is 11.9. The summed E-state index contributed by atoms with van der Waals surface area (Å²) in [5.74, 6) is 0.517. The third kappa shape index (κ3) is 2.56. The summed E-state index contributed by atoms with van der Waals surface area (Å²) in [7, 11) is 1.56. The average molecular weight is 236 g/mol. The minimum atomic E-state index is -0.514. The van der Waals surface area contributed by atoms with Gasteiger partial charge < -0.3 is 9.84 Å². The van der Waals surface area contributed by atoms with Crippen molar-refractivity contribution in [1.29, 1.82) is 0 Å². The van der Waals surface area contributed by atoms with Crippen molar-refractivity contribution in [2.24, 2.45) is 0 Å². The van der Waals surface area contributed by atoms with Crippen LogP contribution in [0, 0.1) is 0 Å². The van der Waals surface area contributed by atoms with Gasteiger partial charge in [-0.1, -0.05) is 6.07 Å². The number of hydrogen-bond acceptors (Lipinski definition) is 5. The molecule has 2 rings (SSSR count). The largest absolute Gasteiger partial charge is 0.481 e. The van der Waals surface area contributed by atoms with E-state index in [9.17, 15) is 5.11 Å². The van der Waals surface area contributed by atoms with Crippen LogP contribution in [0.4, 0.5) is 0 Å². The molecule has 2 aromatic rings. The molecule has 0 aliphatic rings. The Balaban J connectivity index is 2.08. The van der Waals surface area contributed by atoms with Crippen LogP contribution in [0.2, 0.25) is 0 Å². The first-order chi connectivity index (χ1) is 7.79. The monoisotopic (exact) mass is 236 g/mol. The number of thiophene rings is 1. The number of rotatable bonds is 4. The quantitative estimate of drug-likeness (QED) is 0.879. The number of nitrogens with zero attached hydrogens (tertiary/aromatic N) is 2. The zero-order valence-electron chi connectivity index (χ0n) is 8.83. The van der Waals surface area contributed by atoms with Gasteiger partial charge in [-0.05, 0) is 11.4 Å². The lowest BCUT2D eigenvalue weighted by Crippen LogP contribution is -2.02. The van der Waals surface area contributed by atoms with Gasteiger partial charge >= 0.3 is 0 Å². The molecule has 0 bridgehead atoms. The Morgan fingerprint density at radius 2 is 2.38 bits per heavy atom. The van der Waals surface area contributed by atoms with Crippen LogP contribution in [-0.2, 0) is 6.42 Å². The second kappa shape index (κ2) is 5.05. The third-order valence-electron chi connectivity index (χ3n) is 2.18. The highest BCUT2D eigenvalue weighted by molar-refractivity contribution is 7.10. The van der Waals surface area contributed by atoms with Crippen LogP contribution in [-0.4, -0.2) is 22.2 Å². The molecule has 16 heavy (non-hydrogen) atoms. The van der Waals surface area contributed by atoms with E-state index >= 15 is 0 Å². The first-order valence-corrected chi connectivity index (χ1v) is 5.74. The van der Waals surface area contributed by atoms with Crippen LogP contribution in [0.1, 0.15) is 16.7 Å². The maximum atomic E-state index is 9.94. The van der Waals surface area contributed by atoms with Gasteiger partial charge in [0.05, 0.1) is 18.9 Å². The van der Waals surface area contributed by atoms with Crippen LogP contribution >= 0.6 is 11.3 Å². The van der Waals surface area contributed by atoms with E-state index in [2.05, 4.69) is 9.97 Å². The van der Waals surface area contributed by atoms with Crippen molar-refractivity contribution in [3.8, 4) is 5.88 Å². The lowest BCUT2D eigenvalue weighted by atomic mass is 10.1. The molecule has 0 spiro atoms. The first-order valence-electron chi connectivity index (χ1n) is 4.86. The number of methoxy groups -OCH3 is 1. The third-order valence-corrected chi connectivity index (χ3v) is 3.16. The predicted octanol–water partition coefficient (Wildman–Crippen LogP) is 1.82. The Labute approximate surface area is 97.6 Å². The van der Waals surface area contributed by atoms with E-state index in [1.807, 2.05) is 17.5 Å². The van der Waals surface area contributed by atoms with Gasteiger partial charge in [-0.2, -0.15) is 0 Å². The summed E-state index contributed by atoms with van der Waals surface area (Å²) in [6, 6.07) is 5.56. The highest BCUT2D eigenvalue weighted by Crippen LogP contribution is 2.22. The Bertz CT molecular complexity index is 445. The SMILES string of the molecule is COc1cc(CC(O)c2cccs2)ncn1. The van der Waals surface area contributed by atoms with Gasteiger partial charge in [0.15, 0.2) is 0 Å². The number of hydrogen-bond donors (Lipinski definition) is 1. The Hall–Kier alpha value is -1.46. The molecular weight excluding hydrogens is 224 g/mol. The Morgan fingerprint density at radius 1 is 1.50 bits per heavy atom. The lowest BCUT2D eigenvalue weighted by molar-refractivity contribution is 0.181. The molecule has 84 valence electrons. The molecule has 5 heteroatoms. The topological polar surface area (TPSA) is 55.2 Å². The van der Waals surface area contributed by atoms with Crippen molar-refractivity contribution in [3.05, 3.63) is 40.5 Å². The summed E-state index contributed by atoms with van der Waals surface area (Å²) in [5.41, 5.74) is 0.771. The molecule has 1 unspecified atom stereocenters. The maximum absolute atomic E-state index is 9.94. The van der Waals surface area contributed by atoms with E-state index in [0.29, 0.717) is 12.3 Å². The molecule has 2 aromatic heterocycles. The highest BCUT2D eigenvalue weighted by Gasteiger charge is 2.10. The van der Waals surface area contributed by atoms with Crippen molar-refractivity contribution in [2.45, 2.75) is 12.5 Å². The van der Waals surface area contributed by atoms with Crippen molar-refractivity contribution in [2.75, 3.05) is 7.11 Å². The maximum Gasteiger partial charge on any atom is 0.216 e. The van der Waals surface area contributed by atoms with Gasteiger partial charge in [-0.15, -0.1) is 11.3 Å². The van der Waals surface area contributed by atoms with Crippen LogP contribution in [0.15, 0.2) is 29.9 Å². The predicted molar refractivity (Wildman–Crippen MR) is 61.6 cm³/mol. The summed E-state index contributed by atoms with van der Waals surface area (Å²) in [6.45, 7) is 0. The lowest BCUT2D eigenvalue weighted by Gasteiger charge is -2.08. The molecule has 0 saturated heterocycles. The fourth-order valence-corrected chi connectivity index (χ4v) is 2.09. The van der Waals surface area contributed by atoms with Gasteiger partial charge in [0.2, 0.25) is 5.88 Å². The molecule has 1 atom stereocenters. The minimum absolute atomic E-state index is 0.472. The smallest absolute Gasteiger partial charge is 0.216 e.